The Kier molecular flexibility index (Phi) is 5.89. The van der Waals surface area contributed by atoms with Crippen LogP contribution in [0.3, 0.4) is 0 Å². The van der Waals surface area contributed by atoms with E-state index in [0.717, 1.165) is 11.3 Å². The Bertz CT molecular complexity index is 965. The van der Waals surface area contributed by atoms with Gasteiger partial charge in [0.1, 0.15) is 5.56 Å². The first-order valence-corrected chi connectivity index (χ1v) is 9.10. The van der Waals surface area contributed by atoms with Crippen molar-refractivity contribution in [3.8, 4) is 5.69 Å². The Hall–Kier alpha value is -3.41. The largest absolute Gasteiger partial charge is 0.452 e. The van der Waals surface area contributed by atoms with Crippen LogP contribution >= 0.6 is 0 Å². The number of hydrogen-bond acceptors (Lipinski definition) is 4. The zero-order chi connectivity index (χ0) is 20.1. The number of nitrogens with one attached hydrogen (secondary N) is 1. The van der Waals surface area contributed by atoms with Crippen LogP contribution in [0.15, 0.2) is 60.7 Å². The van der Waals surface area contributed by atoms with Gasteiger partial charge in [-0.15, -0.1) is 0 Å². The van der Waals surface area contributed by atoms with Crippen molar-refractivity contribution >= 4 is 11.9 Å². The molecule has 6 nitrogen and oxygen atoms in total. The van der Waals surface area contributed by atoms with Gasteiger partial charge >= 0.3 is 5.97 Å². The number of esters is 1. The molecule has 1 amide bonds. The maximum absolute atomic E-state index is 12.5. The molecule has 0 aliphatic heterocycles. The van der Waals surface area contributed by atoms with Gasteiger partial charge in [0.25, 0.3) is 5.91 Å². The van der Waals surface area contributed by atoms with E-state index in [1.54, 1.807) is 18.5 Å². The van der Waals surface area contributed by atoms with Crippen molar-refractivity contribution < 1.29 is 14.3 Å². The van der Waals surface area contributed by atoms with Gasteiger partial charge < -0.3 is 10.1 Å². The Morgan fingerprint density at radius 3 is 2.29 bits per heavy atom. The second kappa shape index (κ2) is 8.52. The quantitative estimate of drug-likeness (QED) is 0.667. The summed E-state index contributed by atoms with van der Waals surface area (Å²) in [5, 5.41) is 7.26. The van der Waals surface area contributed by atoms with Crippen molar-refractivity contribution in [2.45, 2.75) is 26.8 Å². The first-order chi connectivity index (χ1) is 13.5. The first-order valence-electron chi connectivity index (χ1n) is 9.10. The molecule has 2 aromatic carbocycles. The van der Waals surface area contributed by atoms with Crippen LogP contribution < -0.4 is 5.32 Å². The normalized spacial score (nSPS) is 11.7. The lowest BCUT2D eigenvalue weighted by Gasteiger charge is -2.14. The number of hydrogen-bond donors (Lipinski definition) is 1. The van der Waals surface area contributed by atoms with E-state index in [1.807, 2.05) is 67.6 Å². The Labute approximate surface area is 164 Å². The molecule has 3 rings (SSSR count). The lowest BCUT2D eigenvalue weighted by Crippen LogP contribution is -2.31. The minimum Gasteiger partial charge on any atom is -0.452 e. The van der Waals surface area contributed by atoms with Gasteiger partial charge in [0.2, 0.25) is 0 Å². The molecule has 0 aliphatic rings. The average molecular weight is 377 g/mol. The second-order valence-electron chi connectivity index (χ2n) is 6.57. The zero-order valence-electron chi connectivity index (χ0n) is 16.2. The van der Waals surface area contributed by atoms with E-state index in [2.05, 4.69) is 10.4 Å². The minimum absolute atomic E-state index is 0.170. The van der Waals surface area contributed by atoms with E-state index in [-0.39, 0.29) is 18.6 Å². The van der Waals surface area contributed by atoms with Crippen LogP contribution in [-0.2, 0) is 9.53 Å². The van der Waals surface area contributed by atoms with Crippen molar-refractivity contribution in [1.29, 1.82) is 0 Å². The number of carbonyl (C=O) groups is 2. The number of nitrogens with zero attached hydrogens (tertiary/aromatic N) is 2. The van der Waals surface area contributed by atoms with Crippen LogP contribution in [0.2, 0.25) is 0 Å². The van der Waals surface area contributed by atoms with Crippen LogP contribution in [-0.4, -0.2) is 28.3 Å². The summed E-state index contributed by atoms with van der Waals surface area (Å²) in [5.74, 6) is -0.907. The fourth-order valence-electron chi connectivity index (χ4n) is 3.07. The van der Waals surface area contributed by atoms with Crippen molar-refractivity contribution in [3.63, 3.8) is 0 Å². The first kappa shape index (κ1) is 19.4. The number of aryl methyl sites for hydroxylation is 1. The second-order valence-corrected chi connectivity index (χ2v) is 6.57. The predicted molar refractivity (Wildman–Crippen MR) is 106 cm³/mol. The predicted octanol–water partition coefficient (Wildman–Crippen LogP) is 3.52. The molecule has 1 atom stereocenters. The highest BCUT2D eigenvalue weighted by Crippen LogP contribution is 2.19. The number of aromatic nitrogens is 2. The van der Waals surface area contributed by atoms with E-state index in [1.165, 1.54) is 0 Å². The van der Waals surface area contributed by atoms with Crippen LogP contribution in [0.25, 0.3) is 5.69 Å². The number of carbonyl (C=O) groups excluding carboxylic acids is 2. The van der Waals surface area contributed by atoms with Crippen LogP contribution in [0.1, 0.15) is 40.3 Å². The van der Waals surface area contributed by atoms with Gasteiger partial charge in [0, 0.05) is 0 Å². The molecule has 1 N–H and O–H groups in total. The molecule has 0 bridgehead atoms. The van der Waals surface area contributed by atoms with Gasteiger partial charge in [0.05, 0.1) is 23.1 Å². The third kappa shape index (κ3) is 4.28. The summed E-state index contributed by atoms with van der Waals surface area (Å²) in [6.07, 6.45) is 0. The highest BCUT2D eigenvalue weighted by molar-refractivity contribution is 5.93. The van der Waals surface area contributed by atoms with Gasteiger partial charge in [-0.3, -0.25) is 4.79 Å². The van der Waals surface area contributed by atoms with E-state index >= 15 is 0 Å². The SMILES string of the molecule is Cc1nn(-c2ccccc2)c(C)c1C(=O)OCC(=O)N[C@@H](C)c1ccccc1. The number of rotatable bonds is 6. The van der Waals surface area contributed by atoms with Crippen LogP contribution in [0, 0.1) is 13.8 Å². The van der Waals surface area contributed by atoms with Crippen molar-refractivity contribution in [2.24, 2.45) is 0 Å². The highest BCUT2D eigenvalue weighted by Gasteiger charge is 2.22. The molecule has 0 saturated heterocycles. The van der Waals surface area contributed by atoms with Crippen LogP contribution in [0.5, 0.6) is 0 Å². The van der Waals surface area contributed by atoms with Gasteiger partial charge in [-0.1, -0.05) is 48.5 Å². The molecule has 0 fully saturated rings. The number of para-hydroxylation sites is 1. The maximum atomic E-state index is 12.5. The molecule has 0 unspecified atom stereocenters. The molecule has 1 aromatic heterocycles. The van der Waals surface area contributed by atoms with Crippen molar-refractivity contribution in [1.82, 2.24) is 15.1 Å². The van der Waals surface area contributed by atoms with Crippen molar-refractivity contribution in [3.05, 3.63) is 83.2 Å². The van der Waals surface area contributed by atoms with Crippen LogP contribution in [0.4, 0.5) is 0 Å². The summed E-state index contributed by atoms with van der Waals surface area (Å²) < 4.78 is 6.93. The van der Waals surface area contributed by atoms with E-state index in [0.29, 0.717) is 17.0 Å². The van der Waals surface area contributed by atoms with E-state index in [4.69, 9.17) is 4.74 Å². The van der Waals surface area contributed by atoms with Gasteiger partial charge in [-0.25, -0.2) is 9.48 Å². The topological polar surface area (TPSA) is 73.2 Å². The monoisotopic (exact) mass is 377 g/mol. The van der Waals surface area contributed by atoms with Gasteiger partial charge in [-0.05, 0) is 38.5 Å². The summed E-state index contributed by atoms with van der Waals surface area (Å²) in [4.78, 5) is 24.7. The summed E-state index contributed by atoms with van der Waals surface area (Å²) in [6, 6.07) is 19.0. The average Bonchev–Trinajstić information content (AvgIpc) is 3.01. The molecule has 144 valence electrons. The summed E-state index contributed by atoms with van der Waals surface area (Å²) in [6.45, 7) is 5.10. The summed E-state index contributed by atoms with van der Waals surface area (Å²) in [7, 11) is 0. The number of amides is 1. The highest BCUT2D eigenvalue weighted by atomic mass is 16.5. The van der Waals surface area contributed by atoms with Crippen molar-refractivity contribution in [2.75, 3.05) is 6.61 Å². The molecular weight excluding hydrogens is 354 g/mol. The fraction of sp³-hybridized carbons (Fsp3) is 0.227. The Balaban J connectivity index is 1.64. The standard InChI is InChI=1S/C22H23N3O3/c1-15(18-10-6-4-7-11-18)23-20(26)14-28-22(27)21-16(2)24-25(17(21)3)19-12-8-5-9-13-19/h4-13,15H,14H2,1-3H3,(H,23,26)/t15-/m0/s1. The molecule has 0 radical (unpaired) electrons. The Morgan fingerprint density at radius 2 is 1.64 bits per heavy atom. The maximum Gasteiger partial charge on any atom is 0.342 e. The summed E-state index contributed by atoms with van der Waals surface area (Å²) >= 11 is 0. The molecule has 6 heteroatoms. The molecule has 0 spiro atoms. The summed E-state index contributed by atoms with van der Waals surface area (Å²) in [5.41, 5.74) is 3.46. The third-order valence-electron chi connectivity index (χ3n) is 4.51. The molecule has 28 heavy (non-hydrogen) atoms. The van der Waals surface area contributed by atoms with Gasteiger partial charge in [0.15, 0.2) is 6.61 Å². The Morgan fingerprint density at radius 1 is 1.04 bits per heavy atom. The van der Waals surface area contributed by atoms with Gasteiger partial charge in [-0.2, -0.15) is 5.10 Å². The zero-order valence-corrected chi connectivity index (χ0v) is 16.2. The fourth-order valence-corrected chi connectivity index (χ4v) is 3.07. The number of ether oxygens (including phenoxy) is 1. The molecule has 3 aromatic rings. The third-order valence-corrected chi connectivity index (χ3v) is 4.51. The lowest BCUT2D eigenvalue weighted by molar-refractivity contribution is -0.124. The molecule has 1 heterocycles. The number of benzene rings is 2. The minimum atomic E-state index is -0.556. The molecule has 0 saturated carbocycles. The lowest BCUT2D eigenvalue weighted by atomic mass is 10.1. The smallest absolute Gasteiger partial charge is 0.342 e. The molecular formula is C22H23N3O3. The van der Waals surface area contributed by atoms with E-state index < -0.39 is 5.97 Å². The molecule has 0 aliphatic carbocycles. The van der Waals surface area contributed by atoms with E-state index in [9.17, 15) is 9.59 Å².